The van der Waals surface area contributed by atoms with Crippen LogP contribution in [-0.4, -0.2) is 53.2 Å². The summed E-state index contributed by atoms with van der Waals surface area (Å²) in [4.78, 5) is 4.31. The van der Waals surface area contributed by atoms with Crippen molar-refractivity contribution in [2.24, 2.45) is 16.6 Å². The molecule has 0 aliphatic carbocycles. The summed E-state index contributed by atoms with van der Waals surface area (Å²) in [7, 11) is 3.20. The van der Waals surface area contributed by atoms with Gasteiger partial charge >= 0.3 is 0 Å². The van der Waals surface area contributed by atoms with Gasteiger partial charge < -0.3 is 30.0 Å². The first kappa shape index (κ1) is 19.3. The van der Waals surface area contributed by atoms with E-state index in [2.05, 4.69) is 10.3 Å². The summed E-state index contributed by atoms with van der Waals surface area (Å²) in [5.41, 5.74) is 6.71. The number of methoxy groups -OCH3 is 2. The summed E-state index contributed by atoms with van der Waals surface area (Å²) in [6, 6.07) is 5.50. The highest BCUT2D eigenvalue weighted by atomic mass is 16.5. The molecule has 0 spiro atoms. The van der Waals surface area contributed by atoms with Crippen molar-refractivity contribution < 1.29 is 18.9 Å². The zero-order chi connectivity index (χ0) is 17.9. The van der Waals surface area contributed by atoms with E-state index in [1.165, 1.54) is 0 Å². The fourth-order valence-electron chi connectivity index (χ4n) is 2.63. The molecule has 1 aliphatic heterocycles. The average molecular weight is 351 g/mol. The first-order valence-electron chi connectivity index (χ1n) is 8.67. The minimum atomic E-state index is 0.372. The van der Waals surface area contributed by atoms with Crippen LogP contribution in [0.3, 0.4) is 0 Å². The molecule has 7 heteroatoms. The maximum Gasteiger partial charge on any atom is 0.193 e. The molecule has 2 rings (SSSR count). The summed E-state index contributed by atoms with van der Waals surface area (Å²) >= 11 is 0. The molecule has 0 unspecified atom stereocenters. The maximum atomic E-state index is 5.91. The predicted molar refractivity (Wildman–Crippen MR) is 98.6 cm³/mol. The van der Waals surface area contributed by atoms with Gasteiger partial charge in [-0.15, -0.1) is 0 Å². The van der Waals surface area contributed by atoms with E-state index in [1.54, 1.807) is 14.2 Å². The Labute approximate surface area is 149 Å². The summed E-state index contributed by atoms with van der Waals surface area (Å²) in [6.07, 6.45) is 3.04. The molecule has 1 heterocycles. The Hall–Kier alpha value is -1.99. The van der Waals surface area contributed by atoms with Crippen LogP contribution in [0.25, 0.3) is 0 Å². The Bertz CT molecular complexity index is 545. The van der Waals surface area contributed by atoms with Crippen molar-refractivity contribution in [2.45, 2.75) is 19.3 Å². The van der Waals surface area contributed by atoms with Crippen LogP contribution in [0.4, 0.5) is 5.69 Å². The lowest BCUT2D eigenvalue weighted by atomic mass is 10.0. The van der Waals surface area contributed by atoms with E-state index in [0.29, 0.717) is 36.5 Å². The van der Waals surface area contributed by atoms with Crippen molar-refractivity contribution >= 4 is 11.6 Å². The molecule has 0 aromatic heterocycles. The van der Waals surface area contributed by atoms with Gasteiger partial charge in [0.25, 0.3) is 0 Å². The van der Waals surface area contributed by atoms with E-state index in [0.717, 1.165) is 44.8 Å². The van der Waals surface area contributed by atoms with Crippen molar-refractivity contribution in [3.63, 3.8) is 0 Å². The Morgan fingerprint density at radius 3 is 2.72 bits per heavy atom. The fourth-order valence-corrected chi connectivity index (χ4v) is 2.63. The van der Waals surface area contributed by atoms with Gasteiger partial charge in [-0.05, 0) is 37.3 Å². The number of ether oxygens (including phenoxy) is 4. The highest BCUT2D eigenvalue weighted by Gasteiger charge is 2.13. The lowest BCUT2D eigenvalue weighted by Gasteiger charge is -2.21. The predicted octanol–water partition coefficient (Wildman–Crippen LogP) is 2.26. The molecule has 3 N–H and O–H groups in total. The summed E-state index contributed by atoms with van der Waals surface area (Å²) in [6.45, 7) is 3.85. The van der Waals surface area contributed by atoms with Gasteiger partial charge in [0, 0.05) is 44.7 Å². The highest BCUT2D eigenvalue weighted by Crippen LogP contribution is 2.29. The highest BCUT2D eigenvalue weighted by molar-refractivity contribution is 5.92. The van der Waals surface area contributed by atoms with Crippen LogP contribution in [0.1, 0.15) is 19.3 Å². The normalized spacial score (nSPS) is 15.8. The van der Waals surface area contributed by atoms with Crippen LogP contribution in [-0.2, 0) is 9.47 Å². The second-order valence-electron chi connectivity index (χ2n) is 5.95. The van der Waals surface area contributed by atoms with Crippen LogP contribution >= 0.6 is 0 Å². The quantitative estimate of drug-likeness (QED) is 0.403. The van der Waals surface area contributed by atoms with Gasteiger partial charge in [0.15, 0.2) is 17.5 Å². The van der Waals surface area contributed by atoms with E-state index in [4.69, 9.17) is 24.7 Å². The van der Waals surface area contributed by atoms with E-state index >= 15 is 0 Å². The fraction of sp³-hybridized carbons (Fsp3) is 0.611. The van der Waals surface area contributed by atoms with E-state index in [9.17, 15) is 0 Å². The second-order valence-corrected chi connectivity index (χ2v) is 5.95. The largest absolute Gasteiger partial charge is 0.493 e. The number of rotatable bonds is 9. The molecular formula is C18H29N3O4. The zero-order valence-electron chi connectivity index (χ0n) is 15.1. The van der Waals surface area contributed by atoms with Crippen molar-refractivity contribution in [1.29, 1.82) is 0 Å². The summed E-state index contributed by atoms with van der Waals surface area (Å²) in [5, 5.41) is 3.05. The molecule has 1 aliphatic rings. The van der Waals surface area contributed by atoms with Crippen molar-refractivity contribution in [2.75, 3.05) is 52.5 Å². The van der Waals surface area contributed by atoms with Crippen LogP contribution < -0.4 is 20.5 Å². The molecule has 0 atom stereocenters. The Morgan fingerprint density at radius 1 is 1.24 bits per heavy atom. The van der Waals surface area contributed by atoms with Gasteiger partial charge in [-0.25, -0.2) is 0 Å². The number of anilines is 1. The van der Waals surface area contributed by atoms with Gasteiger partial charge in [0.1, 0.15) is 0 Å². The molecule has 7 nitrogen and oxygen atoms in total. The van der Waals surface area contributed by atoms with E-state index in [-0.39, 0.29) is 0 Å². The Balaban J connectivity index is 1.65. The maximum absolute atomic E-state index is 5.91. The number of nitrogens with two attached hydrogens (primary N) is 1. The minimum absolute atomic E-state index is 0.372. The average Bonchev–Trinajstić information content (AvgIpc) is 2.65. The number of hydrogen-bond acceptors (Lipinski definition) is 5. The van der Waals surface area contributed by atoms with E-state index < -0.39 is 0 Å². The standard InChI is InChI=1S/C18H29N3O4/c1-22-16-5-4-15(12-17(16)23-2)21-18(19)20-8-3-9-25-13-14-6-10-24-11-7-14/h4-5,12,14H,3,6-11,13H2,1-2H3,(H3,19,20,21). The third kappa shape index (κ3) is 6.80. The monoisotopic (exact) mass is 351 g/mol. The summed E-state index contributed by atoms with van der Waals surface area (Å²) in [5.74, 6) is 2.32. The topological polar surface area (TPSA) is 87.3 Å². The van der Waals surface area contributed by atoms with Gasteiger partial charge in [-0.3, -0.25) is 4.99 Å². The van der Waals surface area contributed by atoms with Crippen molar-refractivity contribution in [3.8, 4) is 11.5 Å². The molecule has 140 valence electrons. The van der Waals surface area contributed by atoms with Gasteiger partial charge in [-0.2, -0.15) is 0 Å². The third-order valence-electron chi connectivity index (χ3n) is 4.08. The SMILES string of the molecule is COc1ccc(NC(N)=NCCCOCC2CCOCC2)cc1OC. The van der Waals surface area contributed by atoms with Crippen molar-refractivity contribution in [3.05, 3.63) is 18.2 Å². The molecule has 0 saturated carbocycles. The molecule has 1 aromatic rings. The van der Waals surface area contributed by atoms with E-state index in [1.807, 2.05) is 18.2 Å². The molecule has 1 fully saturated rings. The number of nitrogens with one attached hydrogen (secondary N) is 1. The van der Waals surface area contributed by atoms with Gasteiger partial charge in [0.05, 0.1) is 14.2 Å². The lowest BCUT2D eigenvalue weighted by molar-refractivity contribution is 0.0205. The molecular weight excluding hydrogens is 322 g/mol. The lowest BCUT2D eigenvalue weighted by Crippen LogP contribution is -2.23. The molecule has 25 heavy (non-hydrogen) atoms. The molecule has 1 saturated heterocycles. The molecule has 1 aromatic carbocycles. The molecule has 0 amide bonds. The minimum Gasteiger partial charge on any atom is -0.493 e. The van der Waals surface area contributed by atoms with Crippen LogP contribution in [0.5, 0.6) is 11.5 Å². The van der Waals surface area contributed by atoms with Gasteiger partial charge in [0.2, 0.25) is 0 Å². The molecule has 0 radical (unpaired) electrons. The zero-order valence-corrected chi connectivity index (χ0v) is 15.1. The summed E-state index contributed by atoms with van der Waals surface area (Å²) < 4.78 is 21.5. The number of guanidine groups is 1. The number of hydrogen-bond donors (Lipinski definition) is 2. The van der Waals surface area contributed by atoms with Crippen LogP contribution in [0, 0.1) is 5.92 Å². The third-order valence-corrected chi connectivity index (χ3v) is 4.08. The Kier molecular flexibility index (Phi) is 8.34. The molecule has 0 bridgehead atoms. The number of benzene rings is 1. The smallest absolute Gasteiger partial charge is 0.193 e. The second kappa shape index (κ2) is 10.8. The first-order chi connectivity index (χ1) is 12.2. The van der Waals surface area contributed by atoms with Crippen LogP contribution in [0.15, 0.2) is 23.2 Å². The first-order valence-corrected chi connectivity index (χ1v) is 8.67. The number of aliphatic imine (C=N–C) groups is 1. The Morgan fingerprint density at radius 2 is 2.00 bits per heavy atom. The van der Waals surface area contributed by atoms with Crippen LogP contribution in [0.2, 0.25) is 0 Å². The number of nitrogens with zero attached hydrogens (tertiary/aromatic N) is 1. The van der Waals surface area contributed by atoms with Gasteiger partial charge in [-0.1, -0.05) is 0 Å². The van der Waals surface area contributed by atoms with Crippen molar-refractivity contribution in [1.82, 2.24) is 0 Å².